The number of fused-ring (bicyclic) bond motifs is 1. The summed E-state index contributed by atoms with van der Waals surface area (Å²) in [6.07, 6.45) is 0. The van der Waals surface area contributed by atoms with Crippen molar-refractivity contribution in [2.75, 3.05) is 20.3 Å². The zero-order chi connectivity index (χ0) is 16.1. The number of benzene rings is 1. The maximum Gasteiger partial charge on any atom is 0.191 e. The van der Waals surface area contributed by atoms with E-state index in [-0.39, 0.29) is 0 Å². The van der Waals surface area contributed by atoms with E-state index in [2.05, 4.69) is 48.4 Å². The number of halogens is 1. The Balaban J connectivity index is 1.59. The Labute approximate surface area is 147 Å². The van der Waals surface area contributed by atoms with Crippen LogP contribution in [0.1, 0.15) is 11.1 Å². The molecule has 0 spiro atoms. The van der Waals surface area contributed by atoms with Crippen molar-refractivity contribution in [2.24, 2.45) is 4.99 Å². The molecule has 1 aromatic carbocycles. The minimum absolute atomic E-state index is 0.584. The van der Waals surface area contributed by atoms with Crippen LogP contribution in [0.3, 0.4) is 0 Å². The fourth-order valence-corrected chi connectivity index (χ4v) is 3.52. The third kappa shape index (κ3) is 4.17. The lowest BCUT2D eigenvalue weighted by molar-refractivity contribution is 0.170. The van der Waals surface area contributed by atoms with Crippen molar-refractivity contribution in [1.29, 1.82) is 0 Å². The minimum Gasteiger partial charge on any atom is -0.486 e. The molecule has 0 radical (unpaired) electrons. The highest BCUT2D eigenvalue weighted by Crippen LogP contribution is 2.38. The molecule has 0 aliphatic carbocycles. The molecule has 0 atom stereocenters. The first-order valence-electron chi connectivity index (χ1n) is 7.30. The summed E-state index contributed by atoms with van der Waals surface area (Å²) in [6, 6.07) is 6.13. The maximum atomic E-state index is 5.65. The van der Waals surface area contributed by atoms with Crippen molar-refractivity contribution in [3.63, 3.8) is 0 Å². The van der Waals surface area contributed by atoms with Gasteiger partial charge in [-0.05, 0) is 56.0 Å². The Morgan fingerprint density at radius 2 is 2.00 bits per heavy atom. The molecule has 3 rings (SSSR count). The van der Waals surface area contributed by atoms with Crippen LogP contribution in [0.5, 0.6) is 11.5 Å². The van der Waals surface area contributed by atoms with Gasteiger partial charge in [-0.15, -0.1) is 0 Å². The van der Waals surface area contributed by atoms with Gasteiger partial charge in [0.05, 0.1) is 4.47 Å². The molecule has 0 amide bonds. The monoisotopic (exact) mass is 395 g/mol. The average Bonchev–Trinajstić information content (AvgIpc) is 3.08. The van der Waals surface area contributed by atoms with E-state index in [1.807, 2.05) is 12.1 Å². The minimum atomic E-state index is 0.584. The summed E-state index contributed by atoms with van der Waals surface area (Å²) in [5.74, 6) is 2.32. The molecule has 7 heteroatoms. The lowest BCUT2D eigenvalue weighted by atomic mass is 10.2. The molecule has 0 saturated carbocycles. The van der Waals surface area contributed by atoms with Crippen LogP contribution >= 0.6 is 27.3 Å². The molecule has 2 N–H and O–H groups in total. The van der Waals surface area contributed by atoms with Crippen molar-refractivity contribution < 1.29 is 9.47 Å². The Hall–Kier alpha value is -1.73. The standard InChI is InChI=1S/C16H18BrN3O2S/c1-18-16(19-8-11-2-5-23-10-11)20-9-12-6-13(17)15-14(7-12)21-3-4-22-15/h2,5-7,10H,3-4,8-9H2,1H3,(H2,18,19,20). The average molecular weight is 396 g/mol. The van der Waals surface area contributed by atoms with E-state index < -0.39 is 0 Å². The summed E-state index contributed by atoms with van der Waals surface area (Å²) in [5.41, 5.74) is 2.35. The van der Waals surface area contributed by atoms with Crippen molar-refractivity contribution in [3.05, 3.63) is 44.6 Å². The molecule has 2 aromatic rings. The number of thiophene rings is 1. The zero-order valence-electron chi connectivity index (χ0n) is 12.8. The molecule has 0 bridgehead atoms. The number of nitrogens with zero attached hydrogens (tertiary/aromatic N) is 1. The third-order valence-corrected chi connectivity index (χ3v) is 4.70. The van der Waals surface area contributed by atoms with E-state index in [0.29, 0.717) is 19.8 Å². The fraction of sp³-hybridized carbons (Fsp3) is 0.312. The summed E-state index contributed by atoms with van der Waals surface area (Å²) in [4.78, 5) is 4.24. The summed E-state index contributed by atoms with van der Waals surface area (Å²) in [7, 11) is 1.77. The smallest absolute Gasteiger partial charge is 0.191 e. The predicted molar refractivity (Wildman–Crippen MR) is 96.5 cm³/mol. The number of guanidine groups is 1. The van der Waals surface area contributed by atoms with Gasteiger partial charge in [0.25, 0.3) is 0 Å². The van der Waals surface area contributed by atoms with E-state index in [1.165, 1.54) is 5.56 Å². The van der Waals surface area contributed by atoms with Crippen LogP contribution < -0.4 is 20.1 Å². The molecule has 2 heterocycles. The normalized spacial score (nSPS) is 13.7. The van der Waals surface area contributed by atoms with Crippen LogP contribution in [0.2, 0.25) is 0 Å². The van der Waals surface area contributed by atoms with Gasteiger partial charge in [-0.3, -0.25) is 4.99 Å². The molecular formula is C16H18BrN3O2S. The number of nitrogens with one attached hydrogen (secondary N) is 2. The van der Waals surface area contributed by atoms with Gasteiger partial charge in [0.2, 0.25) is 0 Å². The topological polar surface area (TPSA) is 54.9 Å². The SMILES string of the molecule is CN=C(NCc1ccsc1)NCc1cc(Br)c2c(c1)OCCO2. The lowest BCUT2D eigenvalue weighted by Crippen LogP contribution is -2.36. The van der Waals surface area contributed by atoms with Gasteiger partial charge in [0.15, 0.2) is 17.5 Å². The highest BCUT2D eigenvalue weighted by atomic mass is 79.9. The summed E-state index contributed by atoms with van der Waals surface area (Å²) >= 11 is 5.23. The second-order valence-electron chi connectivity index (χ2n) is 5.01. The van der Waals surface area contributed by atoms with Crippen molar-refractivity contribution >= 4 is 33.2 Å². The van der Waals surface area contributed by atoms with Crippen LogP contribution in [0, 0.1) is 0 Å². The first-order valence-corrected chi connectivity index (χ1v) is 9.03. The highest BCUT2D eigenvalue weighted by molar-refractivity contribution is 9.10. The van der Waals surface area contributed by atoms with Gasteiger partial charge in [-0.25, -0.2) is 0 Å². The summed E-state index contributed by atoms with van der Waals surface area (Å²) in [6.45, 7) is 2.58. The number of ether oxygens (including phenoxy) is 2. The Morgan fingerprint density at radius 3 is 2.74 bits per heavy atom. The van der Waals surface area contributed by atoms with Gasteiger partial charge in [-0.2, -0.15) is 11.3 Å². The summed E-state index contributed by atoms with van der Waals surface area (Å²) in [5, 5.41) is 10.8. The molecule has 1 aliphatic rings. The number of hydrogen-bond donors (Lipinski definition) is 2. The molecule has 1 aliphatic heterocycles. The van der Waals surface area contributed by atoms with Crippen molar-refractivity contribution in [2.45, 2.75) is 13.1 Å². The molecule has 0 saturated heterocycles. The largest absolute Gasteiger partial charge is 0.486 e. The molecule has 5 nitrogen and oxygen atoms in total. The molecular weight excluding hydrogens is 378 g/mol. The van der Waals surface area contributed by atoms with E-state index in [1.54, 1.807) is 18.4 Å². The van der Waals surface area contributed by atoms with Crippen molar-refractivity contribution in [3.8, 4) is 11.5 Å². The van der Waals surface area contributed by atoms with Crippen LogP contribution in [0.25, 0.3) is 0 Å². The van der Waals surface area contributed by atoms with E-state index in [9.17, 15) is 0 Å². The van der Waals surface area contributed by atoms with Gasteiger partial charge >= 0.3 is 0 Å². The predicted octanol–water partition coefficient (Wildman–Crippen LogP) is 3.15. The first kappa shape index (κ1) is 16.1. The first-order chi connectivity index (χ1) is 11.3. The number of rotatable bonds is 4. The molecule has 1 aromatic heterocycles. The van der Waals surface area contributed by atoms with Crippen LogP contribution in [0.15, 0.2) is 38.4 Å². The lowest BCUT2D eigenvalue weighted by Gasteiger charge is -2.20. The molecule has 23 heavy (non-hydrogen) atoms. The third-order valence-electron chi connectivity index (χ3n) is 3.38. The highest BCUT2D eigenvalue weighted by Gasteiger charge is 2.16. The Bertz CT molecular complexity index is 689. The number of hydrogen-bond acceptors (Lipinski definition) is 4. The summed E-state index contributed by atoms with van der Waals surface area (Å²) < 4.78 is 12.2. The van der Waals surface area contributed by atoms with E-state index in [4.69, 9.17) is 9.47 Å². The Morgan fingerprint density at radius 1 is 1.22 bits per heavy atom. The van der Waals surface area contributed by atoms with Gasteiger partial charge in [-0.1, -0.05) is 0 Å². The van der Waals surface area contributed by atoms with Gasteiger partial charge in [0, 0.05) is 20.1 Å². The second kappa shape index (κ2) is 7.70. The van der Waals surface area contributed by atoms with E-state index in [0.717, 1.165) is 34.0 Å². The molecule has 0 fully saturated rings. The van der Waals surface area contributed by atoms with Gasteiger partial charge in [0.1, 0.15) is 13.2 Å². The van der Waals surface area contributed by atoms with Crippen LogP contribution in [0.4, 0.5) is 0 Å². The molecule has 122 valence electrons. The fourth-order valence-electron chi connectivity index (χ4n) is 2.25. The number of aliphatic imine (C=N–C) groups is 1. The van der Waals surface area contributed by atoms with Crippen molar-refractivity contribution in [1.82, 2.24) is 10.6 Å². The zero-order valence-corrected chi connectivity index (χ0v) is 15.2. The van der Waals surface area contributed by atoms with Gasteiger partial charge < -0.3 is 20.1 Å². The van der Waals surface area contributed by atoms with E-state index >= 15 is 0 Å². The quantitative estimate of drug-likeness (QED) is 0.616. The second-order valence-corrected chi connectivity index (χ2v) is 6.65. The Kier molecular flexibility index (Phi) is 5.40. The van der Waals surface area contributed by atoms with Crippen LogP contribution in [-0.2, 0) is 13.1 Å². The van der Waals surface area contributed by atoms with Crippen LogP contribution in [-0.4, -0.2) is 26.2 Å². The maximum absolute atomic E-state index is 5.65. The molecule has 0 unspecified atom stereocenters.